The third-order valence-corrected chi connectivity index (χ3v) is 6.18. The maximum Gasteiger partial charge on any atom is 0.255 e. The van der Waals surface area contributed by atoms with Crippen molar-refractivity contribution in [3.63, 3.8) is 0 Å². The van der Waals surface area contributed by atoms with Crippen LogP contribution in [0, 0.1) is 6.92 Å². The van der Waals surface area contributed by atoms with Gasteiger partial charge in [0.05, 0.1) is 5.75 Å². The van der Waals surface area contributed by atoms with Crippen molar-refractivity contribution >= 4 is 46.6 Å². The van der Waals surface area contributed by atoms with E-state index in [4.69, 9.17) is 11.6 Å². The zero-order valence-corrected chi connectivity index (χ0v) is 17.3. The van der Waals surface area contributed by atoms with Crippen LogP contribution >= 0.6 is 23.4 Å². The topological polar surface area (TPSA) is 49.4 Å². The molecule has 1 atom stereocenters. The number of anilines is 2. The SMILES string of the molecule is Cc1ccc(N2C(=O)CSC2c2cccc(NC(=O)c3ccc(Cl)cc3)c2)cc1. The van der Waals surface area contributed by atoms with Gasteiger partial charge < -0.3 is 5.32 Å². The van der Waals surface area contributed by atoms with E-state index >= 15 is 0 Å². The van der Waals surface area contributed by atoms with Crippen molar-refractivity contribution in [1.82, 2.24) is 0 Å². The predicted octanol–water partition coefficient (Wildman–Crippen LogP) is 5.68. The molecule has 1 unspecified atom stereocenters. The van der Waals surface area contributed by atoms with Gasteiger partial charge in [0.2, 0.25) is 5.91 Å². The molecule has 4 rings (SSSR count). The molecule has 1 heterocycles. The Bertz CT molecular complexity index is 1050. The number of hydrogen-bond acceptors (Lipinski definition) is 3. The fraction of sp³-hybridized carbons (Fsp3) is 0.130. The molecule has 1 fully saturated rings. The summed E-state index contributed by atoms with van der Waals surface area (Å²) < 4.78 is 0. The highest BCUT2D eigenvalue weighted by atomic mass is 35.5. The van der Waals surface area contributed by atoms with Gasteiger partial charge in [-0.05, 0) is 61.0 Å². The molecule has 0 radical (unpaired) electrons. The highest BCUT2D eigenvalue weighted by Gasteiger charge is 2.34. The Morgan fingerprint density at radius 3 is 2.52 bits per heavy atom. The number of halogens is 1. The molecule has 3 aromatic rings. The van der Waals surface area contributed by atoms with Gasteiger partial charge in [0.1, 0.15) is 5.37 Å². The van der Waals surface area contributed by atoms with Gasteiger partial charge in [-0.2, -0.15) is 0 Å². The number of carbonyl (C=O) groups excluding carboxylic acids is 2. The molecule has 0 spiro atoms. The monoisotopic (exact) mass is 422 g/mol. The van der Waals surface area contributed by atoms with Crippen molar-refractivity contribution in [2.24, 2.45) is 0 Å². The zero-order chi connectivity index (χ0) is 20.4. The second-order valence-electron chi connectivity index (χ2n) is 6.85. The van der Waals surface area contributed by atoms with Crippen LogP contribution in [0.25, 0.3) is 0 Å². The van der Waals surface area contributed by atoms with Crippen LogP contribution in [0.1, 0.15) is 26.9 Å². The lowest BCUT2D eigenvalue weighted by molar-refractivity contribution is -0.115. The first-order valence-electron chi connectivity index (χ1n) is 9.18. The van der Waals surface area contributed by atoms with Crippen LogP contribution in [0.2, 0.25) is 5.02 Å². The summed E-state index contributed by atoms with van der Waals surface area (Å²) in [5.41, 5.74) is 4.22. The van der Waals surface area contributed by atoms with Gasteiger partial charge in [-0.25, -0.2) is 0 Å². The highest BCUT2D eigenvalue weighted by Crippen LogP contribution is 2.42. The summed E-state index contributed by atoms with van der Waals surface area (Å²) in [6, 6.07) is 22.3. The lowest BCUT2D eigenvalue weighted by Gasteiger charge is -2.25. The predicted molar refractivity (Wildman–Crippen MR) is 120 cm³/mol. The Morgan fingerprint density at radius 2 is 1.79 bits per heavy atom. The molecule has 0 aromatic heterocycles. The smallest absolute Gasteiger partial charge is 0.255 e. The van der Waals surface area contributed by atoms with Gasteiger partial charge in [-0.1, -0.05) is 41.4 Å². The quantitative estimate of drug-likeness (QED) is 0.588. The third kappa shape index (κ3) is 4.31. The molecule has 3 aromatic carbocycles. The molecule has 1 N–H and O–H groups in total. The Kier molecular flexibility index (Phi) is 5.60. The van der Waals surface area contributed by atoms with E-state index < -0.39 is 0 Å². The minimum Gasteiger partial charge on any atom is -0.322 e. The van der Waals surface area contributed by atoms with Crippen LogP contribution in [-0.2, 0) is 4.79 Å². The molecular formula is C23H19ClN2O2S. The molecule has 0 bridgehead atoms. The average molecular weight is 423 g/mol. The molecule has 1 aliphatic rings. The van der Waals surface area contributed by atoms with Crippen molar-refractivity contribution < 1.29 is 9.59 Å². The molecule has 0 aliphatic carbocycles. The number of amides is 2. The second kappa shape index (κ2) is 8.31. The summed E-state index contributed by atoms with van der Waals surface area (Å²) in [6.07, 6.45) is 0. The number of hydrogen-bond donors (Lipinski definition) is 1. The van der Waals surface area contributed by atoms with E-state index in [2.05, 4.69) is 5.32 Å². The first kappa shape index (κ1) is 19.6. The molecule has 0 saturated carbocycles. The van der Waals surface area contributed by atoms with Crippen molar-refractivity contribution in [2.75, 3.05) is 16.0 Å². The van der Waals surface area contributed by atoms with E-state index in [1.54, 1.807) is 36.0 Å². The maximum absolute atomic E-state index is 12.5. The number of thioether (sulfide) groups is 1. The molecule has 6 heteroatoms. The van der Waals surface area contributed by atoms with Crippen molar-refractivity contribution in [1.29, 1.82) is 0 Å². The molecule has 4 nitrogen and oxygen atoms in total. The van der Waals surface area contributed by atoms with Crippen LogP contribution < -0.4 is 10.2 Å². The Hall–Kier alpha value is -2.76. The fourth-order valence-corrected chi connectivity index (χ4v) is 4.52. The summed E-state index contributed by atoms with van der Waals surface area (Å²) in [5, 5.41) is 3.38. The van der Waals surface area contributed by atoms with Crippen molar-refractivity contribution in [3.8, 4) is 0 Å². The Morgan fingerprint density at radius 1 is 1.07 bits per heavy atom. The summed E-state index contributed by atoms with van der Waals surface area (Å²) in [7, 11) is 0. The van der Waals surface area contributed by atoms with Crippen LogP contribution in [0.3, 0.4) is 0 Å². The summed E-state index contributed by atoms with van der Waals surface area (Å²) in [4.78, 5) is 26.9. The first-order chi connectivity index (χ1) is 14.0. The minimum absolute atomic E-state index is 0.0828. The average Bonchev–Trinajstić information content (AvgIpc) is 3.11. The number of rotatable bonds is 4. The number of nitrogens with one attached hydrogen (secondary N) is 1. The van der Waals surface area contributed by atoms with Gasteiger partial charge in [-0.3, -0.25) is 14.5 Å². The number of aryl methyl sites for hydroxylation is 1. The van der Waals surface area contributed by atoms with E-state index in [1.165, 1.54) is 0 Å². The second-order valence-corrected chi connectivity index (χ2v) is 8.35. The van der Waals surface area contributed by atoms with Crippen LogP contribution in [-0.4, -0.2) is 17.6 Å². The van der Waals surface area contributed by atoms with E-state index in [-0.39, 0.29) is 17.2 Å². The maximum atomic E-state index is 12.5. The molecule has 29 heavy (non-hydrogen) atoms. The van der Waals surface area contributed by atoms with Crippen LogP contribution in [0.4, 0.5) is 11.4 Å². The third-order valence-electron chi connectivity index (χ3n) is 4.72. The first-order valence-corrected chi connectivity index (χ1v) is 10.6. The van der Waals surface area contributed by atoms with Crippen LogP contribution in [0.5, 0.6) is 0 Å². The summed E-state index contributed by atoms with van der Waals surface area (Å²) in [6.45, 7) is 2.02. The normalized spacial score (nSPS) is 16.1. The highest BCUT2D eigenvalue weighted by molar-refractivity contribution is 8.00. The van der Waals surface area contributed by atoms with Crippen molar-refractivity contribution in [2.45, 2.75) is 12.3 Å². The minimum atomic E-state index is -0.204. The molecule has 1 aliphatic heterocycles. The van der Waals surface area contributed by atoms with Gasteiger partial charge in [0.25, 0.3) is 5.91 Å². The largest absolute Gasteiger partial charge is 0.322 e. The lowest BCUT2D eigenvalue weighted by atomic mass is 10.1. The number of nitrogens with zero attached hydrogens (tertiary/aromatic N) is 1. The molecular weight excluding hydrogens is 404 g/mol. The molecule has 1 saturated heterocycles. The van der Waals surface area contributed by atoms with Gasteiger partial charge >= 0.3 is 0 Å². The van der Waals surface area contributed by atoms with E-state index in [9.17, 15) is 9.59 Å². The summed E-state index contributed by atoms with van der Waals surface area (Å²) in [5.74, 6) is 0.309. The Balaban J connectivity index is 1.57. The fourth-order valence-electron chi connectivity index (χ4n) is 3.23. The van der Waals surface area contributed by atoms with E-state index in [0.29, 0.717) is 22.0 Å². The Labute approximate surface area is 178 Å². The van der Waals surface area contributed by atoms with Gasteiger partial charge in [0, 0.05) is 22.0 Å². The van der Waals surface area contributed by atoms with Gasteiger partial charge in [0.15, 0.2) is 0 Å². The zero-order valence-electron chi connectivity index (χ0n) is 15.8. The molecule has 2 amide bonds. The van der Waals surface area contributed by atoms with E-state index in [0.717, 1.165) is 16.8 Å². The van der Waals surface area contributed by atoms with E-state index in [1.807, 2.05) is 60.4 Å². The number of benzene rings is 3. The van der Waals surface area contributed by atoms with Gasteiger partial charge in [-0.15, -0.1) is 11.8 Å². The molecule has 146 valence electrons. The number of carbonyl (C=O) groups is 2. The standard InChI is InChI=1S/C23H19ClN2O2S/c1-15-5-11-20(12-6-15)26-21(27)14-29-23(26)17-3-2-4-19(13-17)25-22(28)16-7-9-18(24)10-8-16/h2-13,23H,14H2,1H3,(H,25,28). The summed E-state index contributed by atoms with van der Waals surface area (Å²) >= 11 is 7.47. The van der Waals surface area contributed by atoms with Crippen molar-refractivity contribution in [3.05, 3.63) is 94.5 Å². The lowest BCUT2D eigenvalue weighted by Crippen LogP contribution is -2.27. The van der Waals surface area contributed by atoms with Crippen LogP contribution in [0.15, 0.2) is 72.8 Å².